The number of carbonyl (C=O) groups is 2. The standard InChI is InChI=1S/C43H47N5O3.C6H15N2O3.C3H8.2CH4O/c1-7-8-9-18-29-41(6)42(35-19-12-10-13-20-35,36-21-14-11-15-22-36)48-45-43(41,44-46-48)38-24-17-16-23-37(38)34-27-25-33(26-28-34)30-47(31-49)32(2)39(50)51-40(3,4)5;1-2-3-4-6(11-7)5-10-8-9;1-3-2;2*1-2/h8-29,31-32,45H,7,30H2,1-6H3;6,8H,2-5,7H2,1H3;3H2,1-2H3;2*2H,1H3/q;+1;;;/b9-8-,29-18-;;;;/t32-,41?,43?;;;;/m0..../s1. The van der Waals surface area contributed by atoms with Crippen LogP contribution < -0.4 is 16.7 Å². The van der Waals surface area contributed by atoms with Crippen LogP contribution >= 0.6 is 0 Å². The maximum absolute atomic E-state index is 12.7. The zero-order chi connectivity index (χ0) is 51.5. The van der Waals surface area contributed by atoms with E-state index in [2.05, 4.69) is 147 Å². The predicted molar refractivity (Wildman–Crippen MR) is 272 cm³/mol. The molecule has 4 aromatic rings. The number of fused-ring (bicyclic) bond motifs is 2. The van der Waals surface area contributed by atoms with Crippen molar-refractivity contribution in [2.24, 2.45) is 21.6 Å². The average molecular weight is 953 g/mol. The van der Waals surface area contributed by atoms with E-state index in [0.717, 1.165) is 73.3 Å². The van der Waals surface area contributed by atoms with E-state index >= 15 is 0 Å². The molecule has 2 aliphatic rings. The Morgan fingerprint density at radius 2 is 1.45 bits per heavy atom. The molecule has 15 nitrogen and oxygen atoms in total. The van der Waals surface area contributed by atoms with Crippen LogP contribution in [0.15, 0.2) is 144 Å². The summed E-state index contributed by atoms with van der Waals surface area (Å²) >= 11 is 0. The summed E-state index contributed by atoms with van der Waals surface area (Å²) < 4.78 is 5.53. The second-order valence-electron chi connectivity index (χ2n) is 17.4. The van der Waals surface area contributed by atoms with Gasteiger partial charge in [0.05, 0.1) is 10.3 Å². The molecule has 0 saturated carbocycles. The van der Waals surface area contributed by atoms with Crippen LogP contribution in [0, 0.1) is 10.3 Å². The fourth-order valence-electron chi connectivity index (χ4n) is 8.22. The van der Waals surface area contributed by atoms with Gasteiger partial charge in [-0.1, -0.05) is 186 Å². The van der Waals surface area contributed by atoms with Gasteiger partial charge in [0.2, 0.25) is 11.8 Å². The molecule has 6 rings (SSSR count). The summed E-state index contributed by atoms with van der Waals surface area (Å²) in [5, 5.41) is 27.2. The molecule has 0 radical (unpaired) electrons. The maximum atomic E-state index is 12.7. The number of hydrogen-bond acceptors (Lipinski definition) is 13. The third-order valence-electron chi connectivity index (χ3n) is 11.4. The van der Waals surface area contributed by atoms with Gasteiger partial charge in [0, 0.05) is 26.3 Å². The minimum Gasteiger partial charge on any atom is -0.458 e. The first-order chi connectivity index (χ1) is 33.3. The predicted octanol–water partition coefficient (Wildman–Crippen LogP) is 8.72. The molecule has 0 spiro atoms. The molecule has 2 bridgehead atoms. The van der Waals surface area contributed by atoms with Gasteiger partial charge in [-0.15, -0.1) is 5.11 Å². The van der Waals surface area contributed by atoms with Crippen molar-refractivity contribution in [2.75, 3.05) is 20.8 Å². The van der Waals surface area contributed by atoms with Gasteiger partial charge >= 0.3 is 5.97 Å². The Hall–Kier alpha value is -6.10. The summed E-state index contributed by atoms with van der Waals surface area (Å²) in [4.78, 5) is 44.9. The first kappa shape index (κ1) is 59.0. The van der Waals surface area contributed by atoms with E-state index in [0.29, 0.717) is 6.41 Å². The molecule has 376 valence electrons. The Morgan fingerprint density at radius 1 is 0.884 bits per heavy atom. The van der Waals surface area contributed by atoms with E-state index in [9.17, 15) is 14.5 Å². The van der Waals surface area contributed by atoms with Gasteiger partial charge in [0.25, 0.3) is 0 Å². The summed E-state index contributed by atoms with van der Waals surface area (Å²) in [7, 11) is 2.00. The number of nitrogens with one attached hydrogen (secondary N) is 2. The smallest absolute Gasteiger partial charge is 0.329 e. The van der Waals surface area contributed by atoms with Crippen LogP contribution in [0.4, 0.5) is 0 Å². The Bertz CT molecular complexity index is 2140. The van der Waals surface area contributed by atoms with E-state index in [4.69, 9.17) is 31.2 Å². The molecule has 1 amide bonds. The number of esters is 1. The molecule has 0 aliphatic carbocycles. The SMILES string of the molecule is CC/C=C\C=C/C1(C)C2(c3ccccc3-c3ccc(CN(C=O)[C@@H](C)C(=O)OC(C)(C)C)cc3)N=NN(N2)C1(c1ccccc1)c1ccccc1.CCC.CCCCC(CO[NH+]=O)ON.CO.CO. The molecule has 3 unspecified atom stereocenters. The Balaban J connectivity index is 0.000000780. The fourth-order valence-corrected chi connectivity index (χ4v) is 8.22. The molecule has 15 heteroatoms. The summed E-state index contributed by atoms with van der Waals surface area (Å²) in [5.74, 6) is 4.51. The van der Waals surface area contributed by atoms with Crippen molar-refractivity contribution in [1.82, 2.24) is 15.4 Å². The highest BCUT2D eigenvalue weighted by Crippen LogP contribution is 2.67. The van der Waals surface area contributed by atoms with Crippen LogP contribution in [-0.4, -0.2) is 71.2 Å². The minimum absolute atomic E-state index is 0.184. The van der Waals surface area contributed by atoms with Crippen LogP contribution in [0.1, 0.15) is 117 Å². The molecule has 1 fully saturated rings. The highest BCUT2D eigenvalue weighted by Gasteiger charge is 2.74. The number of hydrogen-bond donors (Lipinski definition) is 5. The number of nitrogens with zero attached hydrogens (tertiary/aromatic N) is 4. The van der Waals surface area contributed by atoms with Gasteiger partial charge < -0.3 is 19.8 Å². The van der Waals surface area contributed by atoms with Crippen LogP contribution in [-0.2, 0) is 41.7 Å². The largest absolute Gasteiger partial charge is 0.458 e. The van der Waals surface area contributed by atoms with Crippen LogP contribution in [0.2, 0.25) is 0 Å². The molecule has 4 aromatic carbocycles. The second kappa shape index (κ2) is 29.7. The van der Waals surface area contributed by atoms with Crippen molar-refractivity contribution in [3.8, 4) is 11.1 Å². The fraction of sp³-hybridized carbons (Fsp3) is 0.444. The third kappa shape index (κ3) is 14.5. The molecule has 1 saturated heterocycles. The minimum atomic E-state index is -0.984. The second-order valence-corrected chi connectivity index (χ2v) is 17.4. The van der Waals surface area contributed by atoms with E-state index in [-0.39, 0.29) is 19.3 Å². The van der Waals surface area contributed by atoms with Gasteiger partial charge in [-0.3, -0.25) is 9.63 Å². The van der Waals surface area contributed by atoms with Crippen molar-refractivity contribution < 1.29 is 39.6 Å². The molecule has 4 atom stereocenters. The van der Waals surface area contributed by atoms with Crippen molar-refractivity contribution in [1.29, 1.82) is 0 Å². The molecular formula is C54H78N7O8+. The highest BCUT2D eigenvalue weighted by atomic mass is 16.7. The maximum Gasteiger partial charge on any atom is 0.329 e. The topological polar surface area (TPSA) is 203 Å². The number of aliphatic hydroxyl groups is 2. The van der Waals surface area contributed by atoms with Crippen molar-refractivity contribution in [2.45, 2.75) is 130 Å². The number of aliphatic hydroxyl groups excluding tert-OH is 2. The number of benzene rings is 4. The number of ether oxygens (including phenoxy) is 1. The van der Waals surface area contributed by atoms with Gasteiger partial charge in [-0.2, -0.15) is 10.5 Å². The number of carbonyl (C=O) groups excluding carboxylic acids is 2. The zero-order valence-electron chi connectivity index (χ0n) is 42.6. The lowest BCUT2D eigenvalue weighted by molar-refractivity contribution is -0.771. The number of allylic oxidation sites excluding steroid dienone is 3. The average Bonchev–Trinajstić information content (AvgIpc) is 3.92. The summed E-state index contributed by atoms with van der Waals surface area (Å²) in [6, 6.07) is 36.8. The van der Waals surface area contributed by atoms with E-state index in [1.165, 1.54) is 16.7 Å². The van der Waals surface area contributed by atoms with Gasteiger partial charge in [0.1, 0.15) is 23.3 Å². The third-order valence-corrected chi connectivity index (χ3v) is 11.4. The van der Waals surface area contributed by atoms with Gasteiger partial charge in [-0.25, -0.2) is 15.5 Å². The monoisotopic (exact) mass is 953 g/mol. The van der Waals surface area contributed by atoms with Crippen molar-refractivity contribution in [3.05, 3.63) is 161 Å². The van der Waals surface area contributed by atoms with Gasteiger partial charge in [-0.05, 0) is 75.3 Å². The molecule has 2 aliphatic heterocycles. The number of unbranched alkanes of at least 4 members (excludes halogenated alkanes) is 1. The summed E-state index contributed by atoms with van der Waals surface area (Å²) in [6.07, 6.45) is 14.3. The molecule has 6 N–H and O–H groups in total. The first-order valence-corrected chi connectivity index (χ1v) is 23.6. The quantitative estimate of drug-likeness (QED) is 0.0260. The summed E-state index contributed by atoms with van der Waals surface area (Å²) in [6.45, 7) is 18.3. The van der Waals surface area contributed by atoms with Crippen molar-refractivity contribution >= 4 is 12.4 Å². The lowest BCUT2D eigenvalue weighted by Gasteiger charge is -2.49. The normalized spacial score (nSPS) is 18.2. The number of rotatable bonds is 19. The van der Waals surface area contributed by atoms with Crippen LogP contribution in [0.25, 0.3) is 11.1 Å². The van der Waals surface area contributed by atoms with E-state index in [1.54, 1.807) is 6.92 Å². The zero-order valence-corrected chi connectivity index (χ0v) is 42.6. The number of hydrazine groups is 1. The lowest BCUT2D eigenvalue weighted by Crippen LogP contribution is -2.64. The molecule has 0 aromatic heterocycles. The van der Waals surface area contributed by atoms with Crippen LogP contribution in [0.3, 0.4) is 0 Å². The number of amides is 1. The first-order valence-electron chi connectivity index (χ1n) is 23.6. The molecule has 2 heterocycles. The van der Waals surface area contributed by atoms with E-state index in [1.807, 2.05) is 62.3 Å². The van der Waals surface area contributed by atoms with Gasteiger partial charge in [0.15, 0.2) is 12.3 Å². The Kier molecular flexibility index (Phi) is 25.4. The molecular weight excluding hydrogens is 875 g/mol. The lowest BCUT2D eigenvalue weighted by atomic mass is 9.57. The summed E-state index contributed by atoms with van der Waals surface area (Å²) in [5.41, 5.74) is 6.80. The van der Waals surface area contributed by atoms with E-state index < -0.39 is 34.2 Å². The Morgan fingerprint density at radius 3 is 1.96 bits per heavy atom. The Labute approximate surface area is 410 Å². The molecule has 69 heavy (non-hydrogen) atoms. The highest BCUT2D eigenvalue weighted by molar-refractivity contribution is 5.78. The van der Waals surface area contributed by atoms with Crippen LogP contribution in [0.5, 0.6) is 0 Å². The van der Waals surface area contributed by atoms with Crippen molar-refractivity contribution in [3.63, 3.8) is 0 Å². The number of nitrogens with two attached hydrogens (primary N) is 1.